The number of anilines is 1. The number of hydrogen-bond donors (Lipinski definition) is 1. The maximum Gasteiger partial charge on any atom is 0.354 e. The van der Waals surface area contributed by atoms with Gasteiger partial charge in [0.2, 0.25) is 0 Å². The molecule has 2 atom stereocenters. The second kappa shape index (κ2) is 12.6. The molecule has 0 bridgehead atoms. The molecular weight excluding hydrogens is 570 g/mol. The summed E-state index contributed by atoms with van der Waals surface area (Å²) in [6, 6.07) is 17.6. The number of nitrogens with one attached hydrogen (secondary N) is 1. The molecule has 2 aromatic carbocycles. The third kappa shape index (κ3) is 6.21. The van der Waals surface area contributed by atoms with Gasteiger partial charge < -0.3 is 5.32 Å². The minimum Gasteiger partial charge on any atom is -0.305 e. The minimum atomic E-state index is -0.461. The lowest BCUT2D eigenvalue weighted by Gasteiger charge is -2.42. The van der Waals surface area contributed by atoms with Gasteiger partial charge in [0, 0.05) is 30.4 Å². The molecule has 36 heavy (non-hydrogen) atoms. The molecule has 3 aromatic rings. The van der Waals surface area contributed by atoms with Gasteiger partial charge >= 0.3 is 5.69 Å². The molecule has 4 rings (SSSR count). The Morgan fingerprint density at radius 1 is 1.14 bits per heavy atom. The summed E-state index contributed by atoms with van der Waals surface area (Å²) < 4.78 is 15.1. The highest BCUT2D eigenvalue weighted by atomic mass is 127. The van der Waals surface area contributed by atoms with Crippen molar-refractivity contribution in [1.82, 2.24) is 14.5 Å². The van der Waals surface area contributed by atoms with Gasteiger partial charge in [0.15, 0.2) is 5.82 Å². The third-order valence-corrected chi connectivity index (χ3v) is 7.55. The van der Waals surface area contributed by atoms with Crippen LogP contribution in [0.1, 0.15) is 67.4 Å². The zero-order chi connectivity index (χ0) is 25.5. The number of likely N-dealkylation sites (tertiary alicyclic amines) is 1. The van der Waals surface area contributed by atoms with Gasteiger partial charge in [0.25, 0.3) is 5.91 Å². The van der Waals surface area contributed by atoms with Crippen molar-refractivity contribution >= 4 is 34.3 Å². The molecule has 1 saturated heterocycles. The molecule has 1 unspecified atom stereocenters. The summed E-state index contributed by atoms with van der Waals surface area (Å²) in [4.78, 5) is 31.9. The van der Waals surface area contributed by atoms with Crippen molar-refractivity contribution in [2.75, 3.05) is 18.5 Å². The maximum atomic E-state index is 13.0. The summed E-state index contributed by atoms with van der Waals surface area (Å²) in [6.45, 7) is 2.68. The highest BCUT2D eigenvalue weighted by Gasteiger charge is 2.30. The average molecular weight is 602 g/mol. The van der Waals surface area contributed by atoms with Gasteiger partial charge in [-0.15, -0.1) is 0 Å². The molecule has 190 valence electrons. The summed E-state index contributed by atoms with van der Waals surface area (Å²) in [5.74, 6) is -0.0660. The number of carbonyl (C=O) groups excluding carboxylic acids is 1. The van der Waals surface area contributed by atoms with Gasteiger partial charge in [-0.2, -0.15) is 4.98 Å². The van der Waals surface area contributed by atoms with E-state index in [9.17, 15) is 14.0 Å². The monoisotopic (exact) mass is 602 g/mol. The summed E-state index contributed by atoms with van der Waals surface area (Å²) in [7, 11) is 0. The number of rotatable bonds is 9. The SMILES string of the molecule is CCCC1CCC[C@@H](c2ccc(-n3cc(I)c(NC(=O)c4ccccc4)nc3=O)cc2)N1CCCF. The smallest absolute Gasteiger partial charge is 0.305 e. The van der Waals surface area contributed by atoms with E-state index in [1.165, 1.54) is 23.0 Å². The van der Waals surface area contributed by atoms with Gasteiger partial charge in [-0.05, 0) is 84.5 Å². The molecule has 1 aliphatic heterocycles. The van der Waals surface area contributed by atoms with Crippen LogP contribution in [-0.4, -0.2) is 39.6 Å². The van der Waals surface area contributed by atoms with E-state index in [4.69, 9.17) is 0 Å². The Labute approximate surface area is 225 Å². The van der Waals surface area contributed by atoms with Crippen LogP contribution in [0, 0.1) is 3.57 Å². The van der Waals surface area contributed by atoms with Crippen LogP contribution in [0.15, 0.2) is 65.6 Å². The number of amides is 1. The topological polar surface area (TPSA) is 67.2 Å². The van der Waals surface area contributed by atoms with Crippen molar-refractivity contribution in [3.63, 3.8) is 0 Å². The van der Waals surface area contributed by atoms with Crippen LogP contribution < -0.4 is 11.0 Å². The molecular formula is C28H32FIN4O2. The van der Waals surface area contributed by atoms with Gasteiger partial charge in [0.05, 0.1) is 15.9 Å². The number of piperidine rings is 1. The average Bonchev–Trinajstić information content (AvgIpc) is 2.90. The molecule has 8 heteroatoms. The van der Waals surface area contributed by atoms with E-state index >= 15 is 0 Å². The Morgan fingerprint density at radius 3 is 2.58 bits per heavy atom. The van der Waals surface area contributed by atoms with E-state index in [-0.39, 0.29) is 24.4 Å². The standard InChI is InChI=1S/C28H32FIN4O2/c1-2-8-22-11-6-12-25(33(22)18-7-17-29)20-13-15-23(16-14-20)34-19-24(30)26(32-28(34)36)31-27(35)21-9-4-3-5-10-21/h3-5,9-10,13-16,19,22,25H,2,6-8,11-12,17-18H2,1H3,(H,31,32,35,36)/t22?,25-/m0/s1. The van der Waals surface area contributed by atoms with Crippen molar-refractivity contribution in [1.29, 1.82) is 0 Å². The summed E-state index contributed by atoms with van der Waals surface area (Å²) >= 11 is 2.08. The fraction of sp³-hybridized carbons (Fsp3) is 0.393. The molecule has 1 N–H and O–H groups in total. The number of alkyl halides is 1. The quantitative estimate of drug-likeness (QED) is 0.299. The fourth-order valence-electron chi connectivity index (χ4n) is 5.05. The van der Waals surface area contributed by atoms with E-state index in [0.29, 0.717) is 27.3 Å². The lowest BCUT2D eigenvalue weighted by Crippen LogP contribution is -2.42. The van der Waals surface area contributed by atoms with Gasteiger partial charge in [-0.3, -0.25) is 18.7 Å². The molecule has 0 saturated carbocycles. The van der Waals surface area contributed by atoms with Gasteiger partial charge in [-0.1, -0.05) is 43.7 Å². The maximum absolute atomic E-state index is 13.0. The molecule has 1 aliphatic rings. The molecule has 1 fully saturated rings. The number of nitrogens with zero attached hydrogens (tertiary/aromatic N) is 3. The van der Waals surface area contributed by atoms with Crippen molar-refractivity contribution < 1.29 is 9.18 Å². The number of hydrogen-bond acceptors (Lipinski definition) is 4. The van der Waals surface area contributed by atoms with Crippen LogP contribution in [0.3, 0.4) is 0 Å². The highest BCUT2D eigenvalue weighted by molar-refractivity contribution is 14.1. The number of aromatic nitrogens is 2. The van der Waals surface area contributed by atoms with Crippen molar-refractivity contribution in [2.24, 2.45) is 0 Å². The molecule has 1 aromatic heterocycles. The molecule has 0 spiro atoms. The van der Waals surface area contributed by atoms with Gasteiger partial charge in [0.1, 0.15) is 0 Å². The zero-order valence-corrected chi connectivity index (χ0v) is 22.7. The lowest BCUT2D eigenvalue weighted by molar-refractivity contribution is 0.0729. The molecule has 6 nitrogen and oxygen atoms in total. The third-order valence-electron chi connectivity index (χ3n) is 6.76. The summed E-state index contributed by atoms with van der Waals surface area (Å²) in [5.41, 5.74) is 1.95. The van der Waals surface area contributed by atoms with Crippen LogP contribution in [0.4, 0.5) is 10.2 Å². The Bertz CT molecular complexity index is 1210. The zero-order valence-electron chi connectivity index (χ0n) is 20.5. The van der Waals surface area contributed by atoms with E-state index in [1.807, 2.05) is 18.2 Å². The Hall–Kier alpha value is -2.59. The minimum absolute atomic E-state index is 0.245. The number of halogens is 2. The largest absolute Gasteiger partial charge is 0.354 e. The molecule has 2 heterocycles. The van der Waals surface area contributed by atoms with Crippen molar-refractivity contribution in [3.05, 3.63) is 86.0 Å². The first-order valence-electron chi connectivity index (χ1n) is 12.6. The Balaban J connectivity index is 1.54. The first-order valence-corrected chi connectivity index (χ1v) is 13.7. The predicted octanol–water partition coefficient (Wildman–Crippen LogP) is 6.14. The first-order chi connectivity index (χ1) is 17.5. The van der Waals surface area contributed by atoms with Crippen LogP contribution in [0.2, 0.25) is 0 Å². The van der Waals surface area contributed by atoms with E-state index in [0.717, 1.165) is 25.8 Å². The second-order valence-electron chi connectivity index (χ2n) is 9.17. The Morgan fingerprint density at radius 2 is 1.89 bits per heavy atom. The molecule has 0 radical (unpaired) electrons. The van der Waals surface area contributed by atoms with E-state index in [1.54, 1.807) is 30.5 Å². The number of carbonyl (C=O) groups is 1. The van der Waals surface area contributed by atoms with Crippen molar-refractivity contribution in [2.45, 2.75) is 57.5 Å². The van der Waals surface area contributed by atoms with E-state index in [2.05, 4.69) is 56.8 Å². The summed E-state index contributed by atoms with van der Waals surface area (Å²) in [6.07, 6.45) is 7.90. The van der Waals surface area contributed by atoms with E-state index < -0.39 is 5.69 Å². The predicted molar refractivity (Wildman–Crippen MR) is 150 cm³/mol. The van der Waals surface area contributed by atoms with Crippen LogP contribution in [0.5, 0.6) is 0 Å². The molecule has 0 aliphatic carbocycles. The normalized spacial score (nSPS) is 18.2. The fourth-order valence-corrected chi connectivity index (χ4v) is 5.58. The second-order valence-corrected chi connectivity index (χ2v) is 10.3. The Kier molecular flexibility index (Phi) is 9.25. The first kappa shape index (κ1) is 26.5. The van der Waals surface area contributed by atoms with Gasteiger partial charge in [-0.25, -0.2) is 4.79 Å². The van der Waals surface area contributed by atoms with Crippen LogP contribution in [0.25, 0.3) is 5.69 Å². The lowest BCUT2D eigenvalue weighted by atomic mass is 9.88. The van der Waals surface area contributed by atoms with Crippen LogP contribution in [-0.2, 0) is 0 Å². The highest BCUT2D eigenvalue weighted by Crippen LogP contribution is 2.36. The summed E-state index contributed by atoms with van der Waals surface area (Å²) in [5, 5.41) is 2.73. The molecule has 1 amide bonds. The van der Waals surface area contributed by atoms with Crippen LogP contribution >= 0.6 is 22.6 Å². The van der Waals surface area contributed by atoms with Crippen molar-refractivity contribution in [3.8, 4) is 5.69 Å². The number of benzene rings is 2.